The van der Waals surface area contributed by atoms with Gasteiger partial charge < -0.3 is 20.5 Å². The van der Waals surface area contributed by atoms with Crippen LogP contribution in [0.3, 0.4) is 0 Å². The van der Waals surface area contributed by atoms with Crippen molar-refractivity contribution in [2.75, 3.05) is 27.7 Å². The Balaban J connectivity index is 3.19. The smallest absolute Gasteiger partial charge is 0.172 e. The lowest BCUT2D eigenvalue weighted by molar-refractivity contribution is 0.303. The number of phenols is 1. The Kier molecular flexibility index (Phi) is 4.58. The van der Waals surface area contributed by atoms with Crippen LogP contribution in [-0.4, -0.2) is 37.8 Å². The number of aromatic hydroxyl groups is 1. The molecule has 0 bridgehead atoms. The van der Waals surface area contributed by atoms with E-state index in [1.54, 1.807) is 6.07 Å². The zero-order valence-electron chi connectivity index (χ0n) is 9.70. The zero-order chi connectivity index (χ0) is 12.3. The predicted octanol–water partition coefficient (Wildman–Crippen LogP) is 1.72. The molecule has 0 aliphatic carbocycles. The lowest BCUT2D eigenvalue weighted by Crippen LogP contribution is -2.27. The monoisotopic (exact) mass is 288 g/mol. The number of phenolic OH excluding ortho intramolecular Hbond substituents is 1. The van der Waals surface area contributed by atoms with Gasteiger partial charge in [-0.25, -0.2) is 0 Å². The molecular weight excluding hydrogens is 272 g/mol. The van der Waals surface area contributed by atoms with Crippen LogP contribution in [-0.2, 0) is 0 Å². The molecule has 0 saturated heterocycles. The molecule has 0 amide bonds. The van der Waals surface area contributed by atoms with Gasteiger partial charge in [0.2, 0.25) is 0 Å². The Hall–Kier alpha value is -0.780. The van der Waals surface area contributed by atoms with E-state index in [0.717, 1.165) is 5.56 Å². The van der Waals surface area contributed by atoms with Crippen LogP contribution in [0.4, 0.5) is 0 Å². The molecule has 1 rings (SSSR count). The molecule has 0 heterocycles. The molecule has 5 heteroatoms. The summed E-state index contributed by atoms with van der Waals surface area (Å²) in [6.45, 7) is 0.507. The minimum Gasteiger partial charge on any atom is -0.503 e. The molecule has 0 aromatic heterocycles. The molecule has 16 heavy (non-hydrogen) atoms. The summed E-state index contributed by atoms with van der Waals surface area (Å²) in [4.78, 5) is 2.03. The second-order valence-corrected chi connectivity index (χ2v) is 4.62. The first kappa shape index (κ1) is 13.3. The summed E-state index contributed by atoms with van der Waals surface area (Å²) in [5.41, 5.74) is 6.73. The average molecular weight is 289 g/mol. The van der Waals surface area contributed by atoms with Gasteiger partial charge in [-0.05, 0) is 47.7 Å². The summed E-state index contributed by atoms with van der Waals surface area (Å²) in [5, 5.41) is 9.70. The highest BCUT2D eigenvalue weighted by Crippen LogP contribution is 2.37. The predicted molar refractivity (Wildman–Crippen MR) is 67.8 cm³/mol. The molecule has 0 spiro atoms. The fraction of sp³-hybridized carbons (Fsp3) is 0.455. The van der Waals surface area contributed by atoms with Gasteiger partial charge in [0.05, 0.1) is 11.6 Å². The standard InChI is InChI=1S/C11H17BrN2O2/c1-14(2)9(6-13)7-4-8(12)11(15)10(5-7)16-3/h4-5,9,15H,6,13H2,1-3H3. The topological polar surface area (TPSA) is 58.7 Å². The quantitative estimate of drug-likeness (QED) is 0.886. The highest BCUT2D eigenvalue weighted by molar-refractivity contribution is 9.10. The van der Waals surface area contributed by atoms with Gasteiger partial charge in [0.15, 0.2) is 11.5 Å². The van der Waals surface area contributed by atoms with Crippen molar-refractivity contribution < 1.29 is 9.84 Å². The molecule has 1 aromatic carbocycles. The summed E-state index contributed by atoms with van der Waals surface area (Å²) in [6.07, 6.45) is 0. The van der Waals surface area contributed by atoms with Crippen molar-refractivity contribution in [2.45, 2.75) is 6.04 Å². The number of hydrogen-bond donors (Lipinski definition) is 2. The van der Waals surface area contributed by atoms with Gasteiger partial charge in [-0.2, -0.15) is 0 Å². The molecule has 90 valence electrons. The van der Waals surface area contributed by atoms with E-state index in [4.69, 9.17) is 10.5 Å². The first-order valence-electron chi connectivity index (χ1n) is 4.94. The molecule has 3 N–H and O–H groups in total. The molecule has 0 fully saturated rings. The molecule has 1 atom stereocenters. The second kappa shape index (κ2) is 5.52. The van der Waals surface area contributed by atoms with Gasteiger partial charge in [0, 0.05) is 12.6 Å². The molecule has 0 radical (unpaired) electrons. The Morgan fingerprint density at radius 1 is 1.50 bits per heavy atom. The normalized spacial score (nSPS) is 12.9. The van der Waals surface area contributed by atoms with Gasteiger partial charge >= 0.3 is 0 Å². The molecule has 0 saturated carbocycles. The Labute approximate surface area is 104 Å². The summed E-state index contributed by atoms with van der Waals surface area (Å²) >= 11 is 3.29. The van der Waals surface area contributed by atoms with E-state index in [-0.39, 0.29) is 11.8 Å². The Morgan fingerprint density at radius 2 is 2.12 bits per heavy atom. The van der Waals surface area contributed by atoms with Crippen LogP contribution < -0.4 is 10.5 Å². The number of halogens is 1. The third kappa shape index (κ3) is 2.66. The molecule has 4 nitrogen and oxygen atoms in total. The van der Waals surface area contributed by atoms with E-state index >= 15 is 0 Å². The number of rotatable bonds is 4. The number of likely N-dealkylation sites (N-methyl/N-ethyl adjacent to an activating group) is 1. The summed E-state index contributed by atoms with van der Waals surface area (Å²) in [7, 11) is 5.45. The van der Waals surface area contributed by atoms with E-state index in [9.17, 15) is 5.11 Å². The SMILES string of the molecule is COc1cc(C(CN)N(C)C)cc(Br)c1O. The van der Waals surface area contributed by atoms with Gasteiger partial charge in [-0.15, -0.1) is 0 Å². The Bertz CT molecular complexity index is 369. The maximum atomic E-state index is 9.70. The van der Waals surface area contributed by atoms with Crippen LogP contribution in [0.1, 0.15) is 11.6 Å². The maximum Gasteiger partial charge on any atom is 0.172 e. The van der Waals surface area contributed by atoms with Crippen molar-refractivity contribution in [1.29, 1.82) is 0 Å². The van der Waals surface area contributed by atoms with Gasteiger partial charge in [0.1, 0.15) is 0 Å². The first-order chi connectivity index (χ1) is 7.51. The summed E-state index contributed by atoms with van der Waals surface area (Å²) in [6, 6.07) is 3.76. The van der Waals surface area contributed by atoms with Crippen LogP contribution in [0.25, 0.3) is 0 Å². The van der Waals surface area contributed by atoms with Crippen molar-refractivity contribution in [2.24, 2.45) is 5.73 Å². The third-order valence-corrected chi connectivity index (χ3v) is 3.11. The number of hydrogen-bond acceptors (Lipinski definition) is 4. The first-order valence-corrected chi connectivity index (χ1v) is 5.73. The number of benzene rings is 1. The van der Waals surface area contributed by atoms with Crippen LogP contribution in [0.15, 0.2) is 16.6 Å². The third-order valence-electron chi connectivity index (χ3n) is 2.50. The second-order valence-electron chi connectivity index (χ2n) is 3.77. The van der Waals surface area contributed by atoms with Crippen molar-refractivity contribution in [3.63, 3.8) is 0 Å². The molecule has 0 aliphatic heterocycles. The van der Waals surface area contributed by atoms with E-state index in [2.05, 4.69) is 15.9 Å². The number of ether oxygens (including phenoxy) is 1. The van der Waals surface area contributed by atoms with Crippen molar-refractivity contribution >= 4 is 15.9 Å². The highest BCUT2D eigenvalue weighted by atomic mass is 79.9. The van der Waals surface area contributed by atoms with Crippen LogP contribution in [0.5, 0.6) is 11.5 Å². The van der Waals surface area contributed by atoms with Crippen LogP contribution in [0.2, 0.25) is 0 Å². The number of methoxy groups -OCH3 is 1. The average Bonchev–Trinajstić information content (AvgIpc) is 2.23. The van der Waals surface area contributed by atoms with Crippen LogP contribution in [0, 0.1) is 0 Å². The fourth-order valence-corrected chi connectivity index (χ4v) is 2.05. The van der Waals surface area contributed by atoms with E-state index in [0.29, 0.717) is 16.8 Å². The minimum absolute atomic E-state index is 0.103. The van der Waals surface area contributed by atoms with E-state index < -0.39 is 0 Å². The lowest BCUT2D eigenvalue weighted by atomic mass is 10.1. The van der Waals surface area contributed by atoms with Gasteiger partial charge in [-0.3, -0.25) is 0 Å². The van der Waals surface area contributed by atoms with Crippen molar-refractivity contribution in [1.82, 2.24) is 4.90 Å². The lowest BCUT2D eigenvalue weighted by Gasteiger charge is -2.24. The van der Waals surface area contributed by atoms with Gasteiger partial charge in [-0.1, -0.05) is 0 Å². The molecule has 1 aromatic rings. The fourth-order valence-electron chi connectivity index (χ4n) is 1.59. The highest BCUT2D eigenvalue weighted by Gasteiger charge is 2.16. The largest absolute Gasteiger partial charge is 0.503 e. The van der Waals surface area contributed by atoms with Gasteiger partial charge in [0.25, 0.3) is 0 Å². The Morgan fingerprint density at radius 3 is 2.56 bits per heavy atom. The zero-order valence-corrected chi connectivity index (χ0v) is 11.3. The molecule has 1 unspecified atom stereocenters. The molecular formula is C11H17BrN2O2. The van der Waals surface area contributed by atoms with Crippen LogP contribution >= 0.6 is 15.9 Å². The van der Waals surface area contributed by atoms with Crippen molar-refractivity contribution in [3.8, 4) is 11.5 Å². The minimum atomic E-state index is 0.103. The van der Waals surface area contributed by atoms with Crippen molar-refractivity contribution in [3.05, 3.63) is 22.2 Å². The summed E-state index contributed by atoms with van der Waals surface area (Å²) < 4.78 is 5.71. The number of nitrogens with zero attached hydrogens (tertiary/aromatic N) is 1. The maximum absolute atomic E-state index is 9.70. The number of nitrogens with two attached hydrogens (primary N) is 1. The molecule has 0 aliphatic rings. The summed E-state index contributed by atoms with van der Waals surface area (Å²) in [5.74, 6) is 0.561. The van der Waals surface area contributed by atoms with E-state index in [1.165, 1.54) is 7.11 Å². The van der Waals surface area contributed by atoms with E-state index in [1.807, 2.05) is 25.1 Å².